The van der Waals surface area contributed by atoms with Gasteiger partial charge in [0.15, 0.2) is 0 Å². The van der Waals surface area contributed by atoms with Crippen molar-refractivity contribution in [3.05, 3.63) is 29.1 Å². The van der Waals surface area contributed by atoms with Crippen LogP contribution in [-0.2, 0) is 12.8 Å². The summed E-state index contributed by atoms with van der Waals surface area (Å²) < 4.78 is 0. The van der Waals surface area contributed by atoms with Crippen molar-refractivity contribution in [2.24, 2.45) is 11.8 Å². The van der Waals surface area contributed by atoms with Gasteiger partial charge in [0, 0.05) is 11.9 Å². The van der Waals surface area contributed by atoms with E-state index in [1.807, 2.05) is 0 Å². The minimum absolute atomic E-state index is 0.301. The first kappa shape index (κ1) is 10.1. The normalized spacial score (nSPS) is 24.7. The lowest BCUT2D eigenvalue weighted by Gasteiger charge is -2.27. The van der Waals surface area contributed by atoms with Gasteiger partial charge >= 0.3 is 5.97 Å². The highest BCUT2D eigenvalue weighted by Crippen LogP contribution is 2.28. The van der Waals surface area contributed by atoms with Crippen molar-refractivity contribution in [3.8, 4) is 0 Å². The van der Waals surface area contributed by atoms with Crippen LogP contribution in [0.4, 0.5) is 0 Å². The molecule has 0 saturated carbocycles. The SMILES string of the molecule is CC1Cc2cc(C(=O)O)cnc2CC1C. The van der Waals surface area contributed by atoms with Gasteiger partial charge in [-0.1, -0.05) is 13.8 Å². The second-order valence-electron chi connectivity index (χ2n) is 4.50. The average molecular weight is 205 g/mol. The van der Waals surface area contributed by atoms with Gasteiger partial charge in [-0.15, -0.1) is 0 Å². The second-order valence-corrected chi connectivity index (χ2v) is 4.50. The van der Waals surface area contributed by atoms with E-state index in [-0.39, 0.29) is 0 Å². The Balaban J connectivity index is 2.37. The number of carboxylic acids is 1. The molecule has 0 aromatic carbocycles. The Morgan fingerprint density at radius 1 is 1.40 bits per heavy atom. The molecule has 80 valence electrons. The number of hydrogen-bond acceptors (Lipinski definition) is 2. The van der Waals surface area contributed by atoms with Crippen molar-refractivity contribution < 1.29 is 9.90 Å². The first-order valence-electron chi connectivity index (χ1n) is 5.29. The Morgan fingerprint density at radius 3 is 2.73 bits per heavy atom. The molecule has 0 saturated heterocycles. The molecular formula is C12H15NO2. The van der Waals surface area contributed by atoms with E-state index in [1.165, 1.54) is 6.20 Å². The highest BCUT2D eigenvalue weighted by atomic mass is 16.4. The van der Waals surface area contributed by atoms with Crippen LogP contribution in [0.3, 0.4) is 0 Å². The zero-order valence-electron chi connectivity index (χ0n) is 9.03. The Bertz CT molecular complexity index is 401. The number of aromatic carboxylic acids is 1. The molecule has 2 rings (SSSR count). The third-order valence-electron chi connectivity index (χ3n) is 3.34. The van der Waals surface area contributed by atoms with Crippen molar-refractivity contribution in [3.63, 3.8) is 0 Å². The zero-order valence-corrected chi connectivity index (χ0v) is 9.03. The molecule has 1 heterocycles. The first-order valence-corrected chi connectivity index (χ1v) is 5.29. The van der Waals surface area contributed by atoms with Crippen LogP contribution in [0.5, 0.6) is 0 Å². The van der Waals surface area contributed by atoms with Gasteiger partial charge in [0.1, 0.15) is 0 Å². The molecule has 15 heavy (non-hydrogen) atoms. The summed E-state index contributed by atoms with van der Waals surface area (Å²) >= 11 is 0. The molecule has 1 aliphatic carbocycles. The predicted octanol–water partition coefficient (Wildman–Crippen LogP) is 2.15. The van der Waals surface area contributed by atoms with Crippen molar-refractivity contribution in [1.29, 1.82) is 0 Å². The van der Waals surface area contributed by atoms with E-state index in [0.717, 1.165) is 24.1 Å². The summed E-state index contributed by atoms with van der Waals surface area (Å²) in [5, 5.41) is 8.86. The maximum atomic E-state index is 10.8. The standard InChI is InChI=1S/C12H15NO2/c1-7-3-9-5-10(12(14)15)6-13-11(9)4-8(7)2/h5-8H,3-4H2,1-2H3,(H,14,15). The van der Waals surface area contributed by atoms with Gasteiger partial charge in [-0.05, 0) is 36.3 Å². The van der Waals surface area contributed by atoms with Crippen molar-refractivity contribution >= 4 is 5.97 Å². The molecule has 1 aromatic rings. The van der Waals surface area contributed by atoms with Crippen molar-refractivity contribution in [1.82, 2.24) is 4.98 Å². The fourth-order valence-electron chi connectivity index (χ4n) is 2.07. The largest absolute Gasteiger partial charge is 0.478 e. The third-order valence-corrected chi connectivity index (χ3v) is 3.34. The summed E-state index contributed by atoms with van der Waals surface area (Å²) in [7, 11) is 0. The van der Waals surface area contributed by atoms with E-state index in [4.69, 9.17) is 5.11 Å². The second kappa shape index (κ2) is 3.65. The summed E-state index contributed by atoms with van der Waals surface area (Å²) in [4.78, 5) is 15.0. The van der Waals surface area contributed by atoms with E-state index in [0.29, 0.717) is 17.4 Å². The Hall–Kier alpha value is -1.38. The van der Waals surface area contributed by atoms with E-state index in [9.17, 15) is 4.79 Å². The number of pyridine rings is 1. The fraction of sp³-hybridized carbons (Fsp3) is 0.500. The van der Waals surface area contributed by atoms with Gasteiger partial charge in [0.2, 0.25) is 0 Å². The number of aromatic nitrogens is 1. The molecule has 0 radical (unpaired) electrons. The third kappa shape index (κ3) is 1.87. The predicted molar refractivity (Wildman–Crippen MR) is 56.9 cm³/mol. The van der Waals surface area contributed by atoms with Crippen LogP contribution >= 0.6 is 0 Å². The van der Waals surface area contributed by atoms with E-state index in [2.05, 4.69) is 18.8 Å². The number of fused-ring (bicyclic) bond motifs is 1. The Morgan fingerprint density at radius 2 is 2.07 bits per heavy atom. The van der Waals surface area contributed by atoms with Gasteiger partial charge in [-0.3, -0.25) is 4.98 Å². The highest BCUT2D eigenvalue weighted by molar-refractivity contribution is 5.87. The molecule has 2 unspecified atom stereocenters. The summed E-state index contributed by atoms with van der Waals surface area (Å²) in [6.07, 6.45) is 3.38. The molecule has 0 aliphatic heterocycles. The van der Waals surface area contributed by atoms with Crippen LogP contribution < -0.4 is 0 Å². The number of carbonyl (C=O) groups is 1. The molecular weight excluding hydrogens is 190 g/mol. The molecule has 2 atom stereocenters. The van der Waals surface area contributed by atoms with Crippen LogP contribution in [0, 0.1) is 11.8 Å². The van der Waals surface area contributed by atoms with Gasteiger partial charge in [0.25, 0.3) is 0 Å². The number of nitrogens with zero attached hydrogens (tertiary/aromatic N) is 1. The van der Waals surface area contributed by atoms with Gasteiger partial charge in [-0.2, -0.15) is 0 Å². The molecule has 0 spiro atoms. The Labute approximate surface area is 89.2 Å². The molecule has 1 N–H and O–H groups in total. The summed E-state index contributed by atoms with van der Waals surface area (Å²) in [6, 6.07) is 1.77. The lowest BCUT2D eigenvalue weighted by Crippen LogP contribution is -2.22. The fourth-order valence-corrected chi connectivity index (χ4v) is 2.07. The van der Waals surface area contributed by atoms with Crippen molar-refractivity contribution in [2.75, 3.05) is 0 Å². The smallest absolute Gasteiger partial charge is 0.337 e. The molecule has 1 aromatic heterocycles. The molecule has 0 amide bonds. The topological polar surface area (TPSA) is 50.2 Å². The van der Waals surface area contributed by atoms with Crippen LogP contribution in [0.1, 0.15) is 35.5 Å². The van der Waals surface area contributed by atoms with Gasteiger partial charge < -0.3 is 5.11 Å². The van der Waals surface area contributed by atoms with Gasteiger partial charge in [-0.25, -0.2) is 4.79 Å². The van der Waals surface area contributed by atoms with Crippen LogP contribution in [0.25, 0.3) is 0 Å². The van der Waals surface area contributed by atoms with E-state index in [1.54, 1.807) is 6.07 Å². The lowest BCUT2D eigenvalue weighted by atomic mass is 9.80. The quantitative estimate of drug-likeness (QED) is 0.764. The summed E-state index contributed by atoms with van der Waals surface area (Å²) in [5.41, 5.74) is 2.49. The van der Waals surface area contributed by atoms with Crippen LogP contribution in [-0.4, -0.2) is 16.1 Å². The monoisotopic (exact) mass is 205 g/mol. The average Bonchev–Trinajstić information content (AvgIpc) is 2.19. The maximum absolute atomic E-state index is 10.8. The zero-order chi connectivity index (χ0) is 11.0. The first-order chi connectivity index (χ1) is 7.08. The maximum Gasteiger partial charge on any atom is 0.337 e. The summed E-state index contributed by atoms with van der Waals surface area (Å²) in [6.45, 7) is 4.43. The van der Waals surface area contributed by atoms with Crippen LogP contribution in [0.2, 0.25) is 0 Å². The summed E-state index contributed by atoms with van der Waals surface area (Å²) in [5.74, 6) is 0.362. The number of rotatable bonds is 1. The number of carboxylic acid groups (broad SMARTS) is 1. The highest BCUT2D eigenvalue weighted by Gasteiger charge is 2.23. The van der Waals surface area contributed by atoms with Gasteiger partial charge in [0.05, 0.1) is 5.56 Å². The van der Waals surface area contributed by atoms with E-state index >= 15 is 0 Å². The molecule has 0 bridgehead atoms. The van der Waals surface area contributed by atoms with E-state index < -0.39 is 5.97 Å². The molecule has 1 aliphatic rings. The lowest BCUT2D eigenvalue weighted by molar-refractivity contribution is 0.0696. The molecule has 0 fully saturated rings. The minimum Gasteiger partial charge on any atom is -0.478 e. The molecule has 3 nitrogen and oxygen atoms in total. The van der Waals surface area contributed by atoms with Crippen LogP contribution in [0.15, 0.2) is 12.3 Å². The van der Waals surface area contributed by atoms with Crippen molar-refractivity contribution in [2.45, 2.75) is 26.7 Å². The minimum atomic E-state index is -0.892. The Kier molecular flexibility index (Phi) is 2.47. The molecule has 3 heteroatoms. The number of hydrogen-bond donors (Lipinski definition) is 1.